The Morgan fingerprint density at radius 3 is 2.72 bits per heavy atom. The molecule has 0 saturated heterocycles. The van der Waals surface area contributed by atoms with Crippen LogP contribution in [0.5, 0.6) is 5.75 Å². The number of benzene rings is 1. The van der Waals surface area contributed by atoms with Crippen LogP contribution in [0.2, 0.25) is 0 Å². The summed E-state index contributed by atoms with van der Waals surface area (Å²) in [6.07, 6.45) is 0.472. The SMILES string of the molecule is CCNC(C)CC(=O)Nc1ccc(OC)cc1C. The summed E-state index contributed by atoms with van der Waals surface area (Å²) in [5.41, 5.74) is 1.84. The van der Waals surface area contributed by atoms with Crippen LogP contribution in [-0.2, 0) is 4.79 Å². The van der Waals surface area contributed by atoms with Crippen molar-refractivity contribution in [3.05, 3.63) is 23.8 Å². The number of hydrogen-bond acceptors (Lipinski definition) is 3. The molecule has 0 aliphatic heterocycles. The van der Waals surface area contributed by atoms with Gasteiger partial charge in [-0.25, -0.2) is 0 Å². The van der Waals surface area contributed by atoms with E-state index in [1.807, 2.05) is 39.0 Å². The van der Waals surface area contributed by atoms with Crippen molar-refractivity contribution in [1.82, 2.24) is 5.32 Å². The summed E-state index contributed by atoms with van der Waals surface area (Å²) in [5.74, 6) is 0.822. The third-order valence-electron chi connectivity index (χ3n) is 2.75. The largest absolute Gasteiger partial charge is 0.497 e. The molecule has 1 atom stereocenters. The number of nitrogens with one attached hydrogen (secondary N) is 2. The van der Waals surface area contributed by atoms with Gasteiger partial charge in [0.25, 0.3) is 0 Å². The van der Waals surface area contributed by atoms with E-state index in [4.69, 9.17) is 4.74 Å². The molecule has 1 unspecified atom stereocenters. The van der Waals surface area contributed by atoms with Gasteiger partial charge in [0.2, 0.25) is 5.91 Å². The monoisotopic (exact) mass is 250 g/mol. The van der Waals surface area contributed by atoms with E-state index in [1.165, 1.54) is 0 Å². The standard InChI is InChI=1S/C14H22N2O2/c1-5-15-11(3)9-14(17)16-13-7-6-12(18-4)8-10(13)2/h6-8,11,15H,5,9H2,1-4H3,(H,16,17). The van der Waals surface area contributed by atoms with Gasteiger partial charge < -0.3 is 15.4 Å². The maximum absolute atomic E-state index is 11.8. The Bertz CT molecular complexity index is 405. The highest BCUT2D eigenvalue weighted by Gasteiger charge is 2.09. The van der Waals surface area contributed by atoms with Gasteiger partial charge in [-0.3, -0.25) is 4.79 Å². The van der Waals surface area contributed by atoms with Crippen molar-refractivity contribution in [3.8, 4) is 5.75 Å². The molecule has 4 heteroatoms. The highest BCUT2D eigenvalue weighted by atomic mass is 16.5. The number of anilines is 1. The third kappa shape index (κ3) is 4.37. The molecule has 0 aliphatic rings. The minimum absolute atomic E-state index is 0.0247. The van der Waals surface area contributed by atoms with Crippen LogP contribution < -0.4 is 15.4 Å². The zero-order chi connectivity index (χ0) is 13.5. The quantitative estimate of drug-likeness (QED) is 0.814. The first kappa shape index (κ1) is 14.5. The van der Waals surface area contributed by atoms with Crippen molar-refractivity contribution in [2.24, 2.45) is 0 Å². The fourth-order valence-electron chi connectivity index (χ4n) is 1.80. The fraction of sp³-hybridized carbons (Fsp3) is 0.500. The van der Waals surface area contributed by atoms with Crippen molar-refractivity contribution in [1.29, 1.82) is 0 Å². The number of aryl methyl sites for hydroxylation is 1. The van der Waals surface area contributed by atoms with Crippen LogP contribution in [0, 0.1) is 6.92 Å². The first-order valence-corrected chi connectivity index (χ1v) is 6.24. The molecular formula is C14H22N2O2. The van der Waals surface area contributed by atoms with Gasteiger partial charge in [0, 0.05) is 18.2 Å². The molecule has 0 radical (unpaired) electrons. The average Bonchev–Trinajstić information content (AvgIpc) is 2.31. The molecule has 1 aromatic rings. The van der Waals surface area contributed by atoms with E-state index in [2.05, 4.69) is 10.6 Å². The second kappa shape index (κ2) is 7.01. The van der Waals surface area contributed by atoms with Crippen LogP contribution in [0.25, 0.3) is 0 Å². The molecule has 100 valence electrons. The lowest BCUT2D eigenvalue weighted by Gasteiger charge is -2.13. The topological polar surface area (TPSA) is 50.4 Å². The summed E-state index contributed by atoms with van der Waals surface area (Å²) >= 11 is 0. The maximum atomic E-state index is 11.8. The number of carbonyl (C=O) groups is 1. The smallest absolute Gasteiger partial charge is 0.225 e. The molecule has 4 nitrogen and oxygen atoms in total. The number of methoxy groups -OCH3 is 1. The first-order chi connectivity index (χ1) is 8.56. The lowest BCUT2D eigenvalue weighted by molar-refractivity contribution is -0.116. The number of carbonyl (C=O) groups excluding carboxylic acids is 1. The Balaban J connectivity index is 2.59. The van der Waals surface area contributed by atoms with E-state index in [1.54, 1.807) is 7.11 Å². The summed E-state index contributed by atoms with van der Waals surface area (Å²) in [6.45, 7) is 6.86. The Kier molecular flexibility index (Phi) is 5.65. The molecule has 1 aromatic carbocycles. The van der Waals surface area contributed by atoms with Gasteiger partial charge in [-0.2, -0.15) is 0 Å². The summed E-state index contributed by atoms with van der Waals surface area (Å²) in [6, 6.07) is 5.80. The summed E-state index contributed by atoms with van der Waals surface area (Å²) < 4.78 is 5.13. The van der Waals surface area contributed by atoms with Crippen LogP contribution in [0.3, 0.4) is 0 Å². The van der Waals surface area contributed by atoms with Crippen LogP contribution in [0.15, 0.2) is 18.2 Å². The Morgan fingerprint density at radius 1 is 1.44 bits per heavy atom. The van der Waals surface area contributed by atoms with Crippen molar-refractivity contribution in [3.63, 3.8) is 0 Å². The van der Waals surface area contributed by atoms with Crippen molar-refractivity contribution in [2.45, 2.75) is 33.2 Å². The zero-order valence-corrected chi connectivity index (χ0v) is 11.5. The van der Waals surface area contributed by atoms with Crippen LogP contribution in [0.4, 0.5) is 5.69 Å². The fourth-order valence-corrected chi connectivity index (χ4v) is 1.80. The van der Waals surface area contributed by atoms with E-state index in [9.17, 15) is 4.79 Å². The van der Waals surface area contributed by atoms with Gasteiger partial charge in [0.1, 0.15) is 5.75 Å². The minimum atomic E-state index is 0.0247. The maximum Gasteiger partial charge on any atom is 0.225 e. The average molecular weight is 250 g/mol. The summed E-state index contributed by atoms with van der Waals surface area (Å²) in [5, 5.41) is 6.13. The second-order valence-electron chi connectivity index (χ2n) is 4.39. The minimum Gasteiger partial charge on any atom is -0.497 e. The number of amides is 1. The van der Waals surface area contributed by atoms with Crippen LogP contribution in [-0.4, -0.2) is 25.6 Å². The Labute approximate surface area is 109 Å². The van der Waals surface area contributed by atoms with Gasteiger partial charge in [-0.15, -0.1) is 0 Å². The molecule has 0 saturated carbocycles. The molecular weight excluding hydrogens is 228 g/mol. The van der Waals surface area contributed by atoms with Gasteiger partial charge in [-0.05, 0) is 44.2 Å². The molecule has 0 aliphatic carbocycles. The van der Waals surface area contributed by atoms with Gasteiger partial charge >= 0.3 is 0 Å². The normalized spacial score (nSPS) is 12.0. The van der Waals surface area contributed by atoms with Gasteiger partial charge in [0.15, 0.2) is 0 Å². The van der Waals surface area contributed by atoms with E-state index < -0.39 is 0 Å². The zero-order valence-electron chi connectivity index (χ0n) is 11.5. The summed E-state index contributed by atoms with van der Waals surface area (Å²) in [7, 11) is 1.63. The number of rotatable bonds is 6. The lowest BCUT2D eigenvalue weighted by atomic mass is 10.1. The van der Waals surface area contributed by atoms with Crippen molar-refractivity contribution in [2.75, 3.05) is 19.0 Å². The Hall–Kier alpha value is -1.55. The van der Waals surface area contributed by atoms with Crippen LogP contribution in [0.1, 0.15) is 25.8 Å². The van der Waals surface area contributed by atoms with E-state index in [0.29, 0.717) is 6.42 Å². The molecule has 0 spiro atoms. The van der Waals surface area contributed by atoms with Crippen LogP contribution >= 0.6 is 0 Å². The molecule has 0 fully saturated rings. The van der Waals surface area contributed by atoms with Crippen molar-refractivity contribution < 1.29 is 9.53 Å². The predicted molar refractivity (Wildman–Crippen MR) is 74.1 cm³/mol. The lowest BCUT2D eigenvalue weighted by Crippen LogP contribution is -2.30. The molecule has 2 N–H and O–H groups in total. The highest BCUT2D eigenvalue weighted by molar-refractivity contribution is 5.91. The highest BCUT2D eigenvalue weighted by Crippen LogP contribution is 2.21. The van der Waals surface area contributed by atoms with Gasteiger partial charge in [0.05, 0.1) is 7.11 Å². The first-order valence-electron chi connectivity index (χ1n) is 6.24. The molecule has 0 heterocycles. The number of hydrogen-bond donors (Lipinski definition) is 2. The summed E-state index contributed by atoms with van der Waals surface area (Å²) in [4.78, 5) is 11.8. The van der Waals surface area contributed by atoms with E-state index in [-0.39, 0.29) is 11.9 Å². The molecule has 1 rings (SSSR count). The molecule has 18 heavy (non-hydrogen) atoms. The van der Waals surface area contributed by atoms with E-state index >= 15 is 0 Å². The molecule has 0 bridgehead atoms. The van der Waals surface area contributed by atoms with Crippen molar-refractivity contribution >= 4 is 11.6 Å². The molecule has 0 aromatic heterocycles. The molecule has 1 amide bonds. The van der Waals surface area contributed by atoms with E-state index in [0.717, 1.165) is 23.5 Å². The van der Waals surface area contributed by atoms with Gasteiger partial charge in [-0.1, -0.05) is 6.92 Å². The third-order valence-corrected chi connectivity index (χ3v) is 2.75. The second-order valence-corrected chi connectivity index (χ2v) is 4.39. The number of ether oxygens (including phenoxy) is 1. The Morgan fingerprint density at radius 2 is 2.17 bits per heavy atom. The predicted octanol–water partition coefficient (Wildman–Crippen LogP) is 2.33.